The van der Waals surface area contributed by atoms with E-state index in [1.165, 1.54) is 13.8 Å². The van der Waals surface area contributed by atoms with Crippen molar-refractivity contribution in [2.75, 3.05) is 6.54 Å². The first kappa shape index (κ1) is 26.6. The number of pyridine rings is 1. The molecule has 1 aliphatic rings. The molecule has 0 aliphatic carbocycles. The maximum Gasteiger partial charge on any atom is 0.328 e. The van der Waals surface area contributed by atoms with Gasteiger partial charge in [-0.25, -0.2) is 18.0 Å². The molecule has 4 nitrogen and oxygen atoms in total. The van der Waals surface area contributed by atoms with Gasteiger partial charge in [-0.2, -0.15) is 0 Å². The summed E-state index contributed by atoms with van der Waals surface area (Å²) < 4.78 is 46.2. The van der Waals surface area contributed by atoms with E-state index in [4.69, 9.17) is 5.11 Å². The zero-order valence-electron chi connectivity index (χ0n) is 22.0. The van der Waals surface area contributed by atoms with E-state index in [9.17, 15) is 9.18 Å². The second-order valence-electron chi connectivity index (χ2n) is 10.7. The summed E-state index contributed by atoms with van der Waals surface area (Å²) in [7, 11) is 0. The smallest absolute Gasteiger partial charge is 0.328 e. The van der Waals surface area contributed by atoms with Gasteiger partial charge >= 0.3 is 5.97 Å². The fourth-order valence-electron chi connectivity index (χ4n) is 5.48. The molecule has 2 heterocycles. The minimum Gasteiger partial charge on any atom is -0.478 e. The van der Waals surface area contributed by atoms with Crippen LogP contribution in [0.4, 0.5) is 13.2 Å². The summed E-state index contributed by atoms with van der Waals surface area (Å²) in [6, 6.07) is 17.0. The third-order valence-electron chi connectivity index (χ3n) is 7.14. The average Bonchev–Trinajstić information content (AvgIpc) is 2.87. The van der Waals surface area contributed by atoms with Crippen molar-refractivity contribution in [1.82, 2.24) is 9.88 Å². The van der Waals surface area contributed by atoms with Gasteiger partial charge in [-0.05, 0) is 91.4 Å². The molecule has 0 saturated heterocycles. The molecule has 7 heteroatoms. The van der Waals surface area contributed by atoms with Gasteiger partial charge < -0.3 is 5.11 Å². The molecular formula is C32H29F3N2O2. The number of alkyl halides is 1. The number of carboxylic acid groups (broad SMARTS) is 1. The first-order chi connectivity index (χ1) is 18.5. The highest BCUT2D eigenvalue weighted by Crippen LogP contribution is 2.42. The number of aromatic nitrogens is 1. The second kappa shape index (κ2) is 10.3. The summed E-state index contributed by atoms with van der Waals surface area (Å²) >= 11 is 0. The Kier molecular flexibility index (Phi) is 7.03. The quantitative estimate of drug-likeness (QED) is 0.265. The second-order valence-corrected chi connectivity index (χ2v) is 10.7. The maximum atomic E-state index is 15.6. The van der Waals surface area contributed by atoms with Gasteiger partial charge in [0.15, 0.2) is 0 Å². The predicted octanol–water partition coefficient (Wildman–Crippen LogP) is 7.36. The molecule has 0 fully saturated rings. The van der Waals surface area contributed by atoms with Gasteiger partial charge in [0.05, 0.1) is 11.6 Å². The molecule has 1 unspecified atom stereocenters. The highest BCUT2D eigenvalue weighted by atomic mass is 19.1. The fourth-order valence-corrected chi connectivity index (χ4v) is 5.48. The molecule has 2 atom stereocenters. The molecule has 3 aromatic carbocycles. The Morgan fingerprint density at radius 2 is 1.77 bits per heavy atom. The van der Waals surface area contributed by atoms with Crippen LogP contribution in [0.2, 0.25) is 0 Å². The Hall–Kier alpha value is -3.97. The minimum absolute atomic E-state index is 0.0166. The molecule has 1 aromatic heterocycles. The number of rotatable bonds is 6. The van der Waals surface area contributed by atoms with Crippen LogP contribution in [-0.2, 0) is 11.2 Å². The monoisotopic (exact) mass is 530 g/mol. The molecule has 4 aromatic rings. The number of nitrogens with zero attached hydrogens (tertiary/aromatic N) is 2. The Morgan fingerprint density at radius 1 is 1.08 bits per heavy atom. The Balaban J connectivity index is 1.63. The first-order valence-electron chi connectivity index (χ1n) is 12.8. The maximum absolute atomic E-state index is 15.6. The summed E-state index contributed by atoms with van der Waals surface area (Å²) in [5.74, 6) is -2.83. The van der Waals surface area contributed by atoms with E-state index in [-0.39, 0.29) is 23.7 Å². The number of hydrogen-bond acceptors (Lipinski definition) is 3. The minimum atomic E-state index is -1.60. The van der Waals surface area contributed by atoms with Crippen LogP contribution in [0.3, 0.4) is 0 Å². The fraction of sp³-hybridized carbons (Fsp3) is 0.250. The zero-order valence-corrected chi connectivity index (χ0v) is 22.0. The van der Waals surface area contributed by atoms with Crippen LogP contribution in [-0.4, -0.2) is 39.2 Å². The van der Waals surface area contributed by atoms with E-state index in [0.717, 1.165) is 57.4 Å². The van der Waals surface area contributed by atoms with Crippen molar-refractivity contribution < 1.29 is 23.1 Å². The first-order valence-corrected chi connectivity index (χ1v) is 12.8. The van der Waals surface area contributed by atoms with Crippen molar-refractivity contribution in [3.05, 3.63) is 107 Å². The third kappa shape index (κ3) is 5.59. The van der Waals surface area contributed by atoms with Crippen molar-refractivity contribution in [2.45, 2.75) is 44.9 Å². The number of carbonyl (C=O) groups is 1. The molecule has 39 heavy (non-hydrogen) atoms. The lowest BCUT2D eigenvalue weighted by Gasteiger charge is -2.44. The summed E-state index contributed by atoms with van der Waals surface area (Å²) in [6.07, 6.45) is 4.31. The van der Waals surface area contributed by atoms with Crippen molar-refractivity contribution in [3.63, 3.8) is 0 Å². The van der Waals surface area contributed by atoms with Gasteiger partial charge in [0.2, 0.25) is 0 Å². The van der Waals surface area contributed by atoms with Gasteiger partial charge in [-0.1, -0.05) is 30.3 Å². The highest BCUT2D eigenvalue weighted by molar-refractivity contribution is 5.85. The molecule has 200 valence electrons. The summed E-state index contributed by atoms with van der Waals surface area (Å²) in [6.45, 7) is 4.83. The number of fused-ring (bicyclic) bond motifs is 2. The molecular weight excluding hydrogens is 501 g/mol. The number of hydrogen-bond donors (Lipinski definition) is 1. The SMILES string of the molecule is CC1Cc2cc(-c3ccc4ncccc4c3)ccc2[C@H](c2c(F)cc(/C=C/C(=O)O)cc2F)N1CC(C)(C)F. The van der Waals surface area contributed by atoms with Crippen LogP contribution in [0.25, 0.3) is 28.1 Å². The number of benzene rings is 3. The van der Waals surface area contributed by atoms with E-state index < -0.39 is 29.3 Å². The topological polar surface area (TPSA) is 53.4 Å². The van der Waals surface area contributed by atoms with Crippen molar-refractivity contribution >= 4 is 22.9 Å². The van der Waals surface area contributed by atoms with Crippen LogP contribution in [0.15, 0.2) is 72.9 Å². The van der Waals surface area contributed by atoms with Gasteiger partial charge in [-0.15, -0.1) is 0 Å². The normalized spacial score (nSPS) is 18.0. The largest absolute Gasteiger partial charge is 0.478 e. The van der Waals surface area contributed by atoms with Crippen LogP contribution >= 0.6 is 0 Å². The number of carboxylic acids is 1. The number of aliphatic carboxylic acids is 1. The summed E-state index contributed by atoms with van der Waals surface area (Å²) in [4.78, 5) is 17.1. The van der Waals surface area contributed by atoms with Crippen molar-refractivity contribution in [3.8, 4) is 11.1 Å². The third-order valence-corrected chi connectivity index (χ3v) is 7.14. The summed E-state index contributed by atoms with van der Waals surface area (Å²) in [5.41, 5.74) is 2.85. The lowest BCUT2D eigenvalue weighted by atomic mass is 9.82. The molecule has 0 radical (unpaired) electrons. The van der Waals surface area contributed by atoms with E-state index in [0.29, 0.717) is 6.42 Å². The van der Waals surface area contributed by atoms with Crippen LogP contribution in [0, 0.1) is 11.6 Å². The Morgan fingerprint density at radius 3 is 2.46 bits per heavy atom. The lowest BCUT2D eigenvalue weighted by molar-refractivity contribution is -0.131. The molecule has 0 bridgehead atoms. The lowest BCUT2D eigenvalue weighted by Crippen LogP contribution is -2.48. The van der Waals surface area contributed by atoms with E-state index in [1.54, 1.807) is 6.20 Å². The van der Waals surface area contributed by atoms with E-state index in [2.05, 4.69) is 11.1 Å². The van der Waals surface area contributed by atoms with Crippen molar-refractivity contribution in [1.29, 1.82) is 0 Å². The molecule has 0 amide bonds. The Bertz CT molecular complexity index is 1570. The van der Waals surface area contributed by atoms with Gasteiger partial charge in [-0.3, -0.25) is 9.88 Å². The summed E-state index contributed by atoms with van der Waals surface area (Å²) in [5, 5.41) is 9.90. The molecule has 0 spiro atoms. The van der Waals surface area contributed by atoms with E-state index >= 15 is 8.78 Å². The van der Waals surface area contributed by atoms with Gasteiger partial charge in [0.1, 0.15) is 17.3 Å². The number of halogens is 3. The van der Waals surface area contributed by atoms with Gasteiger partial charge in [0.25, 0.3) is 0 Å². The highest BCUT2D eigenvalue weighted by Gasteiger charge is 2.39. The zero-order chi connectivity index (χ0) is 27.9. The molecule has 1 aliphatic heterocycles. The predicted molar refractivity (Wildman–Crippen MR) is 147 cm³/mol. The standard InChI is InChI=1S/C32H29F3N2O2/c1-19-13-24-17-21(22-8-10-28-23(16-22)5-4-12-36-28)7-9-25(24)31(37(19)18-32(2,3)35)30-26(33)14-20(15-27(30)34)6-11-29(38)39/h4-12,14-17,19,31H,13,18H2,1-3H3,(H,38,39)/b11-6+/t19?,31-/m1/s1. The van der Waals surface area contributed by atoms with E-state index in [1.807, 2.05) is 54.3 Å². The van der Waals surface area contributed by atoms with Crippen LogP contribution in [0.1, 0.15) is 49.1 Å². The molecule has 1 N–H and O–H groups in total. The average molecular weight is 531 g/mol. The molecule has 5 rings (SSSR count). The van der Waals surface area contributed by atoms with Crippen molar-refractivity contribution in [2.24, 2.45) is 0 Å². The molecule has 0 saturated carbocycles. The van der Waals surface area contributed by atoms with Crippen LogP contribution < -0.4 is 0 Å². The Labute approximate surface area is 225 Å². The van der Waals surface area contributed by atoms with Gasteiger partial charge in [0, 0.05) is 35.8 Å². The van der Waals surface area contributed by atoms with Crippen LogP contribution in [0.5, 0.6) is 0 Å².